The Morgan fingerprint density at radius 1 is 1.41 bits per heavy atom. The number of hydrogen-bond donors (Lipinski definition) is 3. The SMILES string of the molecule is C[C@H](N)C(=O)N[C@@H](C(=O)O)c1ccccc1Cl. The lowest BCUT2D eigenvalue weighted by Gasteiger charge is -2.17. The second kappa shape index (κ2) is 5.65. The van der Waals surface area contributed by atoms with Crippen LogP contribution in [0, 0.1) is 0 Å². The quantitative estimate of drug-likeness (QED) is 0.747. The number of carboxylic acids is 1. The molecule has 1 aromatic carbocycles. The molecule has 0 fully saturated rings. The molecule has 4 N–H and O–H groups in total. The number of amides is 1. The Kier molecular flexibility index (Phi) is 4.48. The van der Waals surface area contributed by atoms with Gasteiger partial charge in [0.1, 0.15) is 0 Å². The molecule has 0 heterocycles. The molecular formula is C11H13ClN2O3. The molecule has 2 atom stereocenters. The summed E-state index contributed by atoms with van der Waals surface area (Å²) in [7, 11) is 0. The smallest absolute Gasteiger partial charge is 0.330 e. The summed E-state index contributed by atoms with van der Waals surface area (Å²) in [5.41, 5.74) is 5.69. The van der Waals surface area contributed by atoms with Gasteiger partial charge < -0.3 is 16.2 Å². The maximum absolute atomic E-state index is 11.4. The summed E-state index contributed by atoms with van der Waals surface area (Å²) in [5, 5.41) is 11.7. The summed E-state index contributed by atoms with van der Waals surface area (Å²) in [4.78, 5) is 22.5. The first-order valence-electron chi connectivity index (χ1n) is 4.96. The first-order chi connectivity index (χ1) is 7.93. The Morgan fingerprint density at radius 2 is 2.00 bits per heavy atom. The van der Waals surface area contributed by atoms with Crippen LogP contribution in [0.5, 0.6) is 0 Å². The largest absolute Gasteiger partial charge is 0.479 e. The lowest BCUT2D eigenvalue weighted by Crippen LogP contribution is -2.42. The van der Waals surface area contributed by atoms with Crippen LogP contribution in [-0.2, 0) is 9.59 Å². The minimum Gasteiger partial charge on any atom is -0.479 e. The fourth-order valence-corrected chi connectivity index (χ4v) is 1.50. The minimum absolute atomic E-state index is 0.282. The molecule has 0 saturated carbocycles. The number of rotatable bonds is 4. The van der Waals surface area contributed by atoms with Crippen LogP contribution in [0.4, 0.5) is 0 Å². The summed E-state index contributed by atoms with van der Waals surface area (Å²) in [6, 6.07) is 4.46. The predicted octanol–water partition coefficient (Wildman–Crippen LogP) is 0.929. The number of aliphatic carboxylic acids is 1. The zero-order valence-electron chi connectivity index (χ0n) is 9.18. The van der Waals surface area contributed by atoms with Crippen molar-refractivity contribution in [3.8, 4) is 0 Å². The zero-order valence-corrected chi connectivity index (χ0v) is 9.94. The number of halogens is 1. The lowest BCUT2D eigenvalue weighted by atomic mass is 10.1. The second-order valence-electron chi connectivity index (χ2n) is 3.59. The third-order valence-corrected chi connectivity index (χ3v) is 2.51. The van der Waals surface area contributed by atoms with Crippen molar-refractivity contribution in [3.05, 3.63) is 34.9 Å². The molecule has 92 valence electrons. The molecular weight excluding hydrogens is 244 g/mol. The van der Waals surface area contributed by atoms with E-state index in [9.17, 15) is 9.59 Å². The lowest BCUT2D eigenvalue weighted by molar-refractivity contribution is -0.142. The molecule has 0 saturated heterocycles. The standard InChI is InChI=1S/C11H13ClN2O3/c1-6(13)10(15)14-9(11(16)17)7-4-2-3-5-8(7)12/h2-6,9H,13H2,1H3,(H,14,15)(H,16,17)/t6-,9+/m0/s1. The number of nitrogens with one attached hydrogen (secondary N) is 1. The van der Waals surface area contributed by atoms with Gasteiger partial charge in [-0.3, -0.25) is 4.79 Å². The van der Waals surface area contributed by atoms with Gasteiger partial charge in [-0.1, -0.05) is 29.8 Å². The zero-order chi connectivity index (χ0) is 13.0. The van der Waals surface area contributed by atoms with Gasteiger partial charge in [0.05, 0.1) is 6.04 Å². The van der Waals surface area contributed by atoms with Crippen LogP contribution in [0.1, 0.15) is 18.5 Å². The third-order valence-electron chi connectivity index (χ3n) is 2.16. The number of benzene rings is 1. The number of hydrogen-bond acceptors (Lipinski definition) is 3. The predicted molar refractivity (Wildman–Crippen MR) is 63.6 cm³/mol. The molecule has 0 unspecified atom stereocenters. The van der Waals surface area contributed by atoms with Gasteiger partial charge in [0.25, 0.3) is 0 Å². The highest BCUT2D eigenvalue weighted by atomic mass is 35.5. The molecule has 6 heteroatoms. The molecule has 0 aliphatic carbocycles. The summed E-state index contributed by atoms with van der Waals surface area (Å²) in [5.74, 6) is -1.73. The average molecular weight is 257 g/mol. The highest BCUT2D eigenvalue weighted by Gasteiger charge is 2.25. The Hall–Kier alpha value is -1.59. The number of carboxylic acid groups (broad SMARTS) is 1. The van der Waals surface area contributed by atoms with E-state index in [0.29, 0.717) is 5.56 Å². The highest BCUT2D eigenvalue weighted by molar-refractivity contribution is 6.31. The van der Waals surface area contributed by atoms with E-state index in [0.717, 1.165) is 0 Å². The van der Waals surface area contributed by atoms with E-state index in [1.54, 1.807) is 24.3 Å². The van der Waals surface area contributed by atoms with Crippen molar-refractivity contribution in [2.45, 2.75) is 19.0 Å². The monoisotopic (exact) mass is 256 g/mol. The van der Waals surface area contributed by atoms with Crippen molar-refractivity contribution >= 4 is 23.5 Å². The maximum Gasteiger partial charge on any atom is 0.330 e. The molecule has 0 aliphatic rings. The van der Waals surface area contributed by atoms with Crippen LogP contribution in [0.25, 0.3) is 0 Å². The van der Waals surface area contributed by atoms with E-state index in [-0.39, 0.29) is 5.02 Å². The fraction of sp³-hybridized carbons (Fsp3) is 0.273. The summed E-state index contributed by atoms with van der Waals surface area (Å²) in [6.45, 7) is 1.47. The fourth-order valence-electron chi connectivity index (χ4n) is 1.26. The molecule has 17 heavy (non-hydrogen) atoms. The number of carbonyl (C=O) groups is 2. The Bertz CT molecular complexity index is 434. The van der Waals surface area contributed by atoms with Crippen LogP contribution in [0.2, 0.25) is 5.02 Å². The normalized spacial score (nSPS) is 13.8. The van der Waals surface area contributed by atoms with Gasteiger partial charge >= 0.3 is 5.97 Å². The molecule has 0 spiro atoms. The van der Waals surface area contributed by atoms with E-state index in [2.05, 4.69) is 5.32 Å². The molecule has 0 aromatic heterocycles. The highest BCUT2D eigenvalue weighted by Crippen LogP contribution is 2.22. The van der Waals surface area contributed by atoms with Gasteiger partial charge in [-0.05, 0) is 13.0 Å². The van der Waals surface area contributed by atoms with Gasteiger partial charge in [0.2, 0.25) is 5.91 Å². The summed E-state index contributed by atoms with van der Waals surface area (Å²) < 4.78 is 0. The van der Waals surface area contributed by atoms with Gasteiger partial charge in [-0.25, -0.2) is 4.79 Å². The first-order valence-corrected chi connectivity index (χ1v) is 5.34. The van der Waals surface area contributed by atoms with Crippen molar-refractivity contribution in [2.24, 2.45) is 5.73 Å². The Labute approximate surface area is 104 Å². The van der Waals surface area contributed by atoms with Crippen molar-refractivity contribution in [1.82, 2.24) is 5.32 Å². The van der Waals surface area contributed by atoms with Crippen LogP contribution in [0.3, 0.4) is 0 Å². The summed E-state index contributed by atoms with van der Waals surface area (Å²) in [6.07, 6.45) is 0. The van der Waals surface area contributed by atoms with Gasteiger partial charge in [-0.2, -0.15) is 0 Å². The summed E-state index contributed by atoms with van der Waals surface area (Å²) >= 11 is 5.88. The van der Waals surface area contributed by atoms with E-state index in [1.807, 2.05) is 0 Å². The molecule has 0 bridgehead atoms. The van der Waals surface area contributed by atoms with Crippen molar-refractivity contribution in [3.63, 3.8) is 0 Å². The van der Waals surface area contributed by atoms with Crippen LogP contribution in [-0.4, -0.2) is 23.0 Å². The van der Waals surface area contributed by atoms with Crippen LogP contribution < -0.4 is 11.1 Å². The molecule has 0 radical (unpaired) electrons. The maximum atomic E-state index is 11.4. The molecule has 1 aromatic rings. The molecule has 1 amide bonds. The Morgan fingerprint density at radius 3 is 2.47 bits per heavy atom. The van der Waals surface area contributed by atoms with E-state index in [1.165, 1.54) is 6.92 Å². The van der Waals surface area contributed by atoms with E-state index < -0.39 is 24.0 Å². The minimum atomic E-state index is -1.19. The first kappa shape index (κ1) is 13.5. The number of nitrogens with two attached hydrogens (primary N) is 1. The molecule has 1 rings (SSSR count). The topological polar surface area (TPSA) is 92.4 Å². The van der Waals surface area contributed by atoms with Gasteiger partial charge in [-0.15, -0.1) is 0 Å². The van der Waals surface area contributed by atoms with Crippen molar-refractivity contribution in [1.29, 1.82) is 0 Å². The number of carbonyl (C=O) groups excluding carboxylic acids is 1. The third kappa shape index (κ3) is 3.44. The van der Waals surface area contributed by atoms with Crippen LogP contribution in [0.15, 0.2) is 24.3 Å². The van der Waals surface area contributed by atoms with Gasteiger partial charge in [0, 0.05) is 10.6 Å². The van der Waals surface area contributed by atoms with E-state index in [4.69, 9.17) is 22.4 Å². The van der Waals surface area contributed by atoms with Crippen molar-refractivity contribution < 1.29 is 14.7 Å². The van der Waals surface area contributed by atoms with E-state index >= 15 is 0 Å². The van der Waals surface area contributed by atoms with Crippen LogP contribution >= 0.6 is 11.6 Å². The molecule has 5 nitrogen and oxygen atoms in total. The van der Waals surface area contributed by atoms with Gasteiger partial charge in [0.15, 0.2) is 6.04 Å². The average Bonchev–Trinajstić information content (AvgIpc) is 2.26. The molecule has 0 aliphatic heterocycles. The Balaban J connectivity index is 2.99. The second-order valence-corrected chi connectivity index (χ2v) is 4.00. The van der Waals surface area contributed by atoms with Crippen molar-refractivity contribution in [2.75, 3.05) is 0 Å².